The second-order valence-electron chi connectivity index (χ2n) is 5.33. The second kappa shape index (κ2) is 6.41. The van der Waals surface area contributed by atoms with E-state index in [0.717, 1.165) is 6.54 Å². The van der Waals surface area contributed by atoms with Crippen LogP contribution in [0.3, 0.4) is 0 Å². The Balaban J connectivity index is 1.57. The molecule has 6 heteroatoms. The third kappa shape index (κ3) is 3.16. The molecule has 1 amide bonds. The van der Waals surface area contributed by atoms with Gasteiger partial charge < -0.3 is 19.9 Å². The van der Waals surface area contributed by atoms with E-state index in [2.05, 4.69) is 5.32 Å². The van der Waals surface area contributed by atoms with Crippen LogP contribution in [0.2, 0.25) is 0 Å². The molecule has 1 atom stereocenters. The summed E-state index contributed by atoms with van der Waals surface area (Å²) in [6.45, 7) is 4.45. The summed E-state index contributed by atoms with van der Waals surface area (Å²) < 4.78 is 19.3. The molecule has 0 aliphatic carbocycles. The SMILES string of the molecule is O=C([C@H]1CNCCO1)N1CCN(c2ccccc2F)CC1. The summed E-state index contributed by atoms with van der Waals surface area (Å²) in [4.78, 5) is 16.1. The van der Waals surface area contributed by atoms with Gasteiger partial charge >= 0.3 is 0 Å². The predicted molar refractivity (Wildman–Crippen MR) is 77.8 cm³/mol. The molecule has 0 radical (unpaired) electrons. The number of ether oxygens (including phenoxy) is 1. The first-order valence-electron chi connectivity index (χ1n) is 7.36. The molecule has 1 aromatic carbocycles. The molecular weight excluding hydrogens is 273 g/mol. The van der Waals surface area contributed by atoms with Gasteiger partial charge in [-0.25, -0.2) is 4.39 Å². The van der Waals surface area contributed by atoms with Crippen LogP contribution in [0.25, 0.3) is 0 Å². The van der Waals surface area contributed by atoms with E-state index in [1.807, 2.05) is 15.9 Å². The zero-order chi connectivity index (χ0) is 14.7. The van der Waals surface area contributed by atoms with Crippen LogP contribution in [0.5, 0.6) is 0 Å². The van der Waals surface area contributed by atoms with Gasteiger partial charge in [-0.1, -0.05) is 12.1 Å². The van der Waals surface area contributed by atoms with Crippen molar-refractivity contribution in [2.45, 2.75) is 6.10 Å². The molecule has 2 aliphatic heterocycles. The highest BCUT2D eigenvalue weighted by molar-refractivity contribution is 5.81. The van der Waals surface area contributed by atoms with E-state index in [-0.39, 0.29) is 17.8 Å². The first kappa shape index (κ1) is 14.3. The van der Waals surface area contributed by atoms with Crippen LogP contribution in [0.15, 0.2) is 24.3 Å². The Morgan fingerprint density at radius 3 is 2.67 bits per heavy atom. The molecule has 3 rings (SSSR count). The Bertz CT molecular complexity index is 497. The van der Waals surface area contributed by atoms with E-state index in [4.69, 9.17) is 4.74 Å². The lowest BCUT2D eigenvalue weighted by Crippen LogP contribution is -2.55. The van der Waals surface area contributed by atoms with Crippen molar-refractivity contribution in [2.24, 2.45) is 0 Å². The summed E-state index contributed by atoms with van der Waals surface area (Å²) in [5.41, 5.74) is 0.611. The Morgan fingerprint density at radius 1 is 1.24 bits per heavy atom. The average molecular weight is 293 g/mol. The van der Waals surface area contributed by atoms with Gasteiger partial charge in [-0.05, 0) is 12.1 Å². The van der Waals surface area contributed by atoms with Crippen molar-refractivity contribution in [3.05, 3.63) is 30.1 Å². The normalized spacial score (nSPS) is 23.2. The molecule has 0 saturated carbocycles. The molecule has 2 fully saturated rings. The topological polar surface area (TPSA) is 44.8 Å². The summed E-state index contributed by atoms with van der Waals surface area (Å²) in [6.07, 6.45) is -0.376. The Hall–Kier alpha value is -1.66. The minimum atomic E-state index is -0.376. The first-order chi connectivity index (χ1) is 10.3. The summed E-state index contributed by atoms with van der Waals surface area (Å²) >= 11 is 0. The van der Waals surface area contributed by atoms with Gasteiger partial charge in [0.05, 0.1) is 12.3 Å². The Kier molecular flexibility index (Phi) is 4.36. The highest BCUT2D eigenvalue weighted by Gasteiger charge is 2.29. The highest BCUT2D eigenvalue weighted by atomic mass is 19.1. The maximum absolute atomic E-state index is 13.8. The van der Waals surface area contributed by atoms with Crippen LogP contribution < -0.4 is 10.2 Å². The maximum atomic E-state index is 13.8. The smallest absolute Gasteiger partial charge is 0.253 e. The fourth-order valence-corrected chi connectivity index (χ4v) is 2.80. The van der Waals surface area contributed by atoms with Crippen molar-refractivity contribution in [1.82, 2.24) is 10.2 Å². The minimum absolute atomic E-state index is 0.0374. The van der Waals surface area contributed by atoms with E-state index < -0.39 is 0 Å². The first-order valence-corrected chi connectivity index (χ1v) is 7.36. The number of carbonyl (C=O) groups excluding carboxylic acids is 1. The number of carbonyl (C=O) groups is 1. The van der Waals surface area contributed by atoms with Crippen LogP contribution in [0.4, 0.5) is 10.1 Å². The lowest BCUT2D eigenvalue weighted by atomic mass is 10.2. The number of nitrogens with zero attached hydrogens (tertiary/aromatic N) is 2. The minimum Gasteiger partial charge on any atom is -0.366 e. The largest absolute Gasteiger partial charge is 0.366 e. The van der Waals surface area contributed by atoms with Crippen LogP contribution in [0, 0.1) is 5.82 Å². The molecule has 2 saturated heterocycles. The van der Waals surface area contributed by atoms with Gasteiger partial charge in [0.25, 0.3) is 5.91 Å². The van der Waals surface area contributed by atoms with Crippen molar-refractivity contribution in [2.75, 3.05) is 50.8 Å². The van der Waals surface area contributed by atoms with Gasteiger partial charge in [0, 0.05) is 39.3 Å². The number of hydrogen-bond donors (Lipinski definition) is 1. The number of morpholine rings is 1. The molecule has 2 aliphatic rings. The van der Waals surface area contributed by atoms with E-state index in [1.165, 1.54) is 6.07 Å². The number of para-hydroxylation sites is 1. The molecule has 0 spiro atoms. The molecule has 2 heterocycles. The van der Waals surface area contributed by atoms with Crippen LogP contribution in [0.1, 0.15) is 0 Å². The fourth-order valence-electron chi connectivity index (χ4n) is 2.80. The Morgan fingerprint density at radius 2 is 2.00 bits per heavy atom. The van der Waals surface area contributed by atoms with Crippen molar-refractivity contribution >= 4 is 11.6 Å². The molecule has 0 bridgehead atoms. The number of piperazine rings is 1. The van der Waals surface area contributed by atoms with Crippen molar-refractivity contribution in [1.29, 1.82) is 0 Å². The van der Waals surface area contributed by atoms with E-state index >= 15 is 0 Å². The van der Waals surface area contributed by atoms with E-state index in [1.54, 1.807) is 12.1 Å². The molecule has 21 heavy (non-hydrogen) atoms. The average Bonchev–Trinajstić information content (AvgIpc) is 2.56. The number of anilines is 1. The third-order valence-corrected chi connectivity index (χ3v) is 3.99. The van der Waals surface area contributed by atoms with Crippen molar-refractivity contribution in [3.8, 4) is 0 Å². The van der Waals surface area contributed by atoms with Crippen molar-refractivity contribution < 1.29 is 13.9 Å². The lowest BCUT2D eigenvalue weighted by Gasteiger charge is -2.38. The quantitative estimate of drug-likeness (QED) is 0.860. The summed E-state index contributed by atoms with van der Waals surface area (Å²) in [5.74, 6) is -0.174. The molecule has 0 aromatic heterocycles. The molecule has 1 aromatic rings. The van der Waals surface area contributed by atoms with Crippen molar-refractivity contribution in [3.63, 3.8) is 0 Å². The maximum Gasteiger partial charge on any atom is 0.253 e. The van der Waals surface area contributed by atoms with Gasteiger partial charge in [-0.3, -0.25) is 4.79 Å². The monoisotopic (exact) mass is 293 g/mol. The van der Waals surface area contributed by atoms with Gasteiger partial charge in [0.1, 0.15) is 11.9 Å². The summed E-state index contributed by atoms with van der Waals surface area (Å²) in [5, 5.41) is 3.16. The molecule has 114 valence electrons. The zero-order valence-electron chi connectivity index (χ0n) is 11.9. The van der Waals surface area contributed by atoms with E-state index in [0.29, 0.717) is 45.0 Å². The number of benzene rings is 1. The number of hydrogen-bond acceptors (Lipinski definition) is 4. The molecular formula is C15H20FN3O2. The van der Waals surface area contributed by atoms with Gasteiger partial charge in [-0.15, -0.1) is 0 Å². The third-order valence-electron chi connectivity index (χ3n) is 3.99. The number of rotatable bonds is 2. The summed E-state index contributed by atoms with van der Waals surface area (Å²) in [7, 11) is 0. The number of amides is 1. The summed E-state index contributed by atoms with van der Waals surface area (Å²) in [6, 6.07) is 6.76. The van der Waals surface area contributed by atoms with Crippen LogP contribution in [-0.4, -0.2) is 62.8 Å². The van der Waals surface area contributed by atoms with Gasteiger partial charge in [-0.2, -0.15) is 0 Å². The molecule has 1 N–H and O–H groups in total. The van der Waals surface area contributed by atoms with Crippen LogP contribution in [-0.2, 0) is 9.53 Å². The molecule has 0 unspecified atom stereocenters. The van der Waals surface area contributed by atoms with Gasteiger partial charge in [0.2, 0.25) is 0 Å². The highest BCUT2D eigenvalue weighted by Crippen LogP contribution is 2.20. The fraction of sp³-hybridized carbons (Fsp3) is 0.533. The van der Waals surface area contributed by atoms with Crippen LogP contribution >= 0.6 is 0 Å². The van der Waals surface area contributed by atoms with E-state index in [9.17, 15) is 9.18 Å². The zero-order valence-corrected chi connectivity index (χ0v) is 11.9. The van der Waals surface area contributed by atoms with Gasteiger partial charge in [0.15, 0.2) is 0 Å². The number of nitrogens with one attached hydrogen (secondary N) is 1. The predicted octanol–water partition coefficient (Wildman–Crippen LogP) is 0.463. The second-order valence-corrected chi connectivity index (χ2v) is 5.33. The number of halogens is 1. The lowest BCUT2D eigenvalue weighted by molar-refractivity contribution is -0.145. The molecule has 5 nitrogen and oxygen atoms in total. The Labute approximate surface area is 123 Å². The standard InChI is InChI=1S/C15H20FN3O2/c16-12-3-1-2-4-13(12)18-6-8-19(9-7-18)15(20)14-11-17-5-10-21-14/h1-4,14,17H,5-11H2/t14-/m1/s1.